The highest BCUT2D eigenvalue weighted by molar-refractivity contribution is 6.28. The topological polar surface area (TPSA) is 90.4 Å². The minimum Gasteiger partial charge on any atom is -0.393 e. The number of likely N-dealkylation sites (tertiary alicyclic amines) is 1. The molecule has 0 spiro atoms. The quantitative estimate of drug-likeness (QED) is 0.650. The lowest BCUT2D eigenvalue weighted by Gasteiger charge is -2.41. The molecule has 7 nitrogen and oxygen atoms in total. The Morgan fingerprint density at radius 2 is 1.79 bits per heavy atom. The fraction of sp³-hybridized carbons (Fsp3) is 0.750. The van der Waals surface area contributed by atoms with Crippen LogP contribution in [-0.4, -0.2) is 63.2 Å². The standard InChI is InChI=1S/C20H30ClN5O2/c21-20-22-12-17(18(25-20)23-13-4-6-16(27)7-5-13)19(28)24-14-8-10-26(11-9-14)15-2-1-3-15/h12-16,27H,1-11H2,(H,24,28)(H,22,23,25)/t13-,16-. The molecule has 8 heteroatoms. The molecule has 1 aromatic heterocycles. The summed E-state index contributed by atoms with van der Waals surface area (Å²) in [5, 5.41) is 16.3. The van der Waals surface area contributed by atoms with Gasteiger partial charge in [-0.2, -0.15) is 4.98 Å². The summed E-state index contributed by atoms with van der Waals surface area (Å²) in [5.74, 6) is 0.350. The molecular formula is C20H30ClN5O2. The highest BCUT2D eigenvalue weighted by Gasteiger charge is 2.30. The third kappa shape index (κ3) is 4.75. The number of carbonyl (C=O) groups excluding carboxylic acids is 1. The van der Waals surface area contributed by atoms with E-state index in [2.05, 4.69) is 25.5 Å². The number of nitrogens with zero attached hydrogens (tertiary/aromatic N) is 3. The van der Waals surface area contributed by atoms with Gasteiger partial charge in [0.15, 0.2) is 0 Å². The van der Waals surface area contributed by atoms with Crippen LogP contribution in [0.3, 0.4) is 0 Å². The van der Waals surface area contributed by atoms with Crippen molar-refractivity contribution in [2.45, 2.75) is 82.0 Å². The van der Waals surface area contributed by atoms with Crippen LogP contribution in [0.4, 0.5) is 5.82 Å². The van der Waals surface area contributed by atoms with Crippen LogP contribution in [0.5, 0.6) is 0 Å². The van der Waals surface area contributed by atoms with E-state index in [0.29, 0.717) is 11.4 Å². The van der Waals surface area contributed by atoms with Crippen molar-refractivity contribution in [1.82, 2.24) is 20.2 Å². The predicted octanol–water partition coefficient (Wildman–Crippen LogP) is 2.59. The van der Waals surface area contributed by atoms with E-state index in [-0.39, 0.29) is 29.4 Å². The number of hydrogen-bond acceptors (Lipinski definition) is 6. The summed E-state index contributed by atoms with van der Waals surface area (Å²) in [5.41, 5.74) is 0.442. The molecule has 1 saturated heterocycles. The summed E-state index contributed by atoms with van der Waals surface area (Å²) in [6.07, 6.45) is 10.5. The first-order valence-electron chi connectivity index (χ1n) is 10.6. The molecular weight excluding hydrogens is 378 g/mol. The summed E-state index contributed by atoms with van der Waals surface area (Å²) < 4.78 is 0. The Morgan fingerprint density at radius 1 is 1.07 bits per heavy atom. The average molecular weight is 408 g/mol. The van der Waals surface area contributed by atoms with Crippen molar-refractivity contribution in [2.75, 3.05) is 18.4 Å². The number of aliphatic hydroxyl groups is 1. The molecule has 2 aliphatic carbocycles. The van der Waals surface area contributed by atoms with Gasteiger partial charge in [-0.05, 0) is 63.0 Å². The van der Waals surface area contributed by atoms with Gasteiger partial charge in [0, 0.05) is 37.4 Å². The second-order valence-electron chi connectivity index (χ2n) is 8.42. The number of piperidine rings is 1. The van der Waals surface area contributed by atoms with E-state index in [1.54, 1.807) is 0 Å². The van der Waals surface area contributed by atoms with Crippen molar-refractivity contribution in [2.24, 2.45) is 0 Å². The third-order valence-electron chi connectivity index (χ3n) is 6.50. The first-order valence-corrected chi connectivity index (χ1v) is 11.0. The molecule has 1 amide bonds. The van der Waals surface area contributed by atoms with Crippen LogP contribution in [0.25, 0.3) is 0 Å². The molecule has 1 aliphatic heterocycles. The van der Waals surface area contributed by atoms with Crippen LogP contribution < -0.4 is 10.6 Å². The second-order valence-corrected chi connectivity index (χ2v) is 8.76. The summed E-state index contributed by atoms with van der Waals surface area (Å²) in [6.45, 7) is 2.12. The van der Waals surface area contributed by atoms with Crippen molar-refractivity contribution < 1.29 is 9.90 Å². The van der Waals surface area contributed by atoms with Crippen LogP contribution >= 0.6 is 11.6 Å². The summed E-state index contributed by atoms with van der Waals surface area (Å²) in [7, 11) is 0. The molecule has 1 aromatic rings. The molecule has 154 valence electrons. The number of aromatic nitrogens is 2. The highest BCUT2D eigenvalue weighted by atomic mass is 35.5. The molecule has 2 heterocycles. The number of nitrogens with one attached hydrogen (secondary N) is 2. The van der Waals surface area contributed by atoms with Gasteiger partial charge in [0.25, 0.3) is 5.91 Å². The van der Waals surface area contributed by atoms with E-state index in [4.69, 9.17) is 11.6 Å². The van der Waals surface area contributed by atoms with E-state index in [1.807, 2.05) is 0 Å². The van der Waals surface area contributed by atoms with Crippen LogP contribution in [-0.2, 0) is 0 Å². The zero-order valence-electron chi connectivity index (χ0n) is 16.2. The fourth-order valence-electron chi connectivity index (χ4n) is 4.47. The van der Waals surface area contributed by atoms with E-state index >= 15 is 0 Å². The van der Waals surface area contributed by atoms with Gasteiger partial charge in [-0.3, -0.25) is 4.79 Å². The Bertz CT molecular complexity index is 683. The number of rotatable bonds is 5. The number of amides is 1. The second kappa shape index (κ2) is 8.93. The molecule has 3 fully saturated rings. The first kappa shape index (κ1) is 19.9. The zero-order valence-corrected chi connectivity index (χ0v) is 17.0. The van der Waals surface area contributed by atoms with Crippen molar-refractivity contribution in [3.63, 3.8) is 0 Å². The smallest absolute Gasteiger partial charge is 0.256 e. The molecule has 0 bridgehead atoms. The number of halogens is 1. The fourth-order valence-corrected chi connectivity index (χ4v) is 4.61. The molecule has 4 rings (SSSR count). The first-order chi connectivity index (χ1) is 13.6. The summed E-state index contributed by atoms with van der Waals surface area (Å²) in [4.78, 5) is 23.7. The van der Waals surface area contributed by atoms with Crippen molar-refractivity contribution in [1.29, 1.82) is 0 Å². The Balaban J connectivity index is 1.35. The number of anilines is 1. The van der Waals surface area contributed by atoms with Crippen LogP contribution in [0.2, 0.25) is 5.28 Å². The van der Waals surface area contributed by atoms with Gasteiger partial charge in [-0.25, -0.2) is 4.98 Å². The molecule has 3 N–H and O–H groups in total. The molecule has 0 aromatic carbocycles. The highest BCUT2D eigenvalue weighted by Crippen LogP contribution is 2.28. The largest absolute Gasteiger partial charge is 0.393 e. The molecule has 2 saturated carbocycles. The Kier molecular flexibility index (Phi) is 6.33. The lowest BCUT2D eigenvalue weighted by Crippen LogP contribution is -2.49. The number of carbonyl (C=O) groups is 1. The Hall–Kier alpha value is -1.44. The summed E-state index contributed by atoms with van der Waals surface area (Å²) >= 11 is 5.98. The van der Waals surface area contributed by atoms with Gasteiger partial charge in [0.1, 0.15) is 11.4 Å². The third-order valence-corrected chi connectivity index (χ3v) is 6.68. The average Bonchev–Trinajstić information content (AvgIpc) is 2.64. The molecule has 0 radical (unpaired) electrons. The Morgan fingerprint density at radius 3 is 2.43 bits per heavy atom. The van der Waals surface area contributed by atoms with Crippen LogP contribution in [0.15, 0.2) is 6.20 Å². The van der Waals surface area contributed by atoms with Gasteiger partial charge in [0.05, 0.1) is 6.10 Å². The molecule has 0 unspecified atom stereocenters. The SMILES string of the molecule is O=C(NC1CCN(C2CCC2)CC1)c1cnc(Cl)nc1N[C@H]1CC[C@H](O)CC1. The lowest BCUT2D eigenvalue weighted by atomic mass is 9.89. The molecule has 28 heavy (non-hydrogen) atoms. The summed E-state index contributed by atoms with van der Waals surface area (Å²) in [6, 6.07) is 1.15. The zero-order chi connectivity index (χ0) is 19.5. The van der Waals surface area contributed by atoms with Crippen LogP contribution in [0, 0.1) is 0 Å². The van der Waals surface area contributed by atoms with Gasteiger partial charge >= 0.3 is 0 Å². The van der Waals surface area contributed by atoms with Gasteiger partial charge in [0.2, 0.25) is 5.28 Å². The minimum atomic E-state index is -0.222. The van der Waals surface area contributed by atoms with E-state index < -0.39 is 0 Å². The Labute approximate surface area is 171 Å². The van der Waals surface area contributed by atoms with E-state index in [9.17, 15) is 9.90 Å². The number of aliphatic hydroxyl groups excluding tert-OH is 1. The maximum atomic E-state index is 12.9. The van der Waals surface area contributed by atoms with Gasteiger partial charge in [-0.15, -0.1) is 0 Å². The van der Waals surface area contributed by atoms with Crippen molar-refractivity contribution >= 4 is 23.3 Å². The number of hydrogen-bond donors (Lipinski definition) is 3. The van der Waals surface area contributed by atoms with E-state index in [0.717, 1.165) is 57.7 Å². The lowest BCUT2D eigenvalue weighted by molar-refractivity contribution is 0.0800. The molecule has 0 atom stereocenters. The monoisotopic (exact) mass is 407 g/mol. The van der Waals surface area contributed by atoms with Gasteiger partial charge in [-0.1, -0.05) is 6.42 Å². The van der Waals surface area contributed by atoms with Crippen molar-refractivity contribution in [3.8, 4) is 0 Å². The predicted molar refractivity (Wildman–Crippen MR) is 109 cm³/mol. The minimum absolute atomic E-state index is 0.128. The maximum absolute atomic E-state index is 12.9. The normalized spacial score (nSPS) is 27.2. The maximum Gasteiger partial charge on any atom is 0.256 e. The molecule has 3 aliphatic rings. The van der Waals surface area contributed by atoms with Gasteiger partial charge < -0.3 is 20.6 Å². The van der Waals surface area contributed by atoms with Crippen molar-refractivity contribution in [3.05, 3.63) is 17.0 Å². The van der Waals surface area contributed by atoms with E-state index in [1.165, 1.54) is 25.5 Å². The van der Waals surface area contributed by atoms with Crippen LogP contribution in [0.1, 0.15) is 68.1 Å².